The Kier molecular flexibility index (Phi) is 15.2. The van der Waals surface area contributed by atoms with E-state index >= 15 is 0 Å². The van der Waals surface area contributed by atoms with Crippen LogP contribution in [0, 0.1) is 24.7 Å². The van der Waals surface area contributed by atoms with Crippen molar-refractivity contribution < 1.29 is 13.3 Å². The van der Waals surface area contributed by atoms with Crippen molar-refractivity contribution in [1.29, 1.82) is 0 Å². The van der Waals surface area contributed by atoms with Gasteiger partial charge in [-0.15, -0.1) is 12.8 Å². The normalized spacial score (nSPS) is 19.5. The van der Waals surface area contributed by atoms with Crippen LogP contribution in [0.5, 0.6) is 0 Å². The van der Waals surface area contributed by atoms with Crippen LogP contribution in [0.25, 0.3) is 0 Å². The molecule has 0 unspecified atom stereocenters. The fourth-order valence-electron chi connectivity index (χ4n) is 4.76. The average molecular weight is 451 g/mol. The van der Waals surface area contributed by atoms with Crippen molar-refractivity contribution in [1.82, 2.24) is 9.80 Å². The third-order valence-electron chi connectivity index (χ3n) is 6.04. The van der Waals surface area contributed by atoms with Gasteiger partial charge in [-0.3, -0.25) is 9.80 Å². The zero-order valence-electron chi connectivity index (χ0n) is 20.5. The maximum atomic E-state index is 6.04. The lowest BCUT2D eigenvalue weighted by Crippen LogP contribution is -2.54. The Hall–Kier alpha value is -0.863. The molecule has 0 N–H and O–H groups in total. The van der Waals surface area contributed by atoms with Crippen LogP contribution in [0.1, 0.15) is 72.6 Å². The zero-order valence-corrected chi connectivity index (χ0v) is 21.5. The molecule has 0 aromatic rings. The molecule has 1 fully saturated rings. The van der Waals surface area contributed by atoms with Gasteiger partial charge in [-0.2, -0.15) is 0 Å². The van der Waals surface area contributed by atoms with E-state index in [1.54, 1.807) is 0 Å². The second kappa shape index (κ2) is 16.7. The van der Waals surface area contributed by atoms with Crippen LogP contribution in [-0.4, -0.2) is 76.7 Å². The van der Waals surface area contributed by atoms with Gasteiger partial charge in [0.15, 0.2) is 0 Å². The van der Waals surface area contributed by atoms with E-state index in [0.717, 1.165) is 32.1 Å². The average Bonchev–Trinajstić information content (AvgIpc) is 2.77. The first-order valence-corrected chi connectivity index (χ1v) is 14.3. The summed E-state index contributed by atoms with van der Waals surface area (Å²) >= 11 is 0. The van der Waals surface area contributed by atoms with Gasteiger partial charge in [0.1, 0.15) is 0 Å². The van der Waals surface area contributed by atoms with E-state index in [0.29, 0.717) is 38.4 Å². The monoisotopic (exact) mass is 450 g/mol. The van der Waals surface area contributed by atoms with Crippen LogP contribution < -0.4 is 0 Å². The minimum atomic E-state index is -2.62. The third-order valence-corrected chi connectivity index (χ3v) is 9.19. The summed E-state index contributed by atoms with van der Waals surface area (Å²) in [7, 11) is -2.62. The number of nitrogens with zero attached hydrogens (tertiary/aromatic N) is 2. The molecule has 6 heteroatoms. The van der Waals surface area contributed by atoms with Crippen molar-refractivity contribution >= 4 is 8.80 Å². The quantitative estimate of drug-likeness (QED) is 0.242. The Balaban J connectivity index is 2.88. The first kappa shape index (κ1) is 28.2. The molecule has 31 heavy (non-hydrogen) atoms. The number of unbranched alkanes of at least 4 members (excludes halogenated alkanes) is 1. The maximum Gasteiger partial charge on any atom is 0.500 e. The summed E-state index contributed by atoms with van der Waals surface area (Å²) in [4.78, 5) is 5.03. The highest BCUT2D eigenvalue weighted by Gasteiger charge is 2.40. The lowest BCUT2D eigenvalue weighted by atomic mass is 9.87. The summed E-state index contributed by atoms with van der Waals surface area (Å²) in [6, 6.07) is 1.76. The zero-order chi connectivity index (χ0) is 23.0. The first-order chi connectivity index (χ1) is 15.1. The van der Waals surface area contributed by atoms with E-state index in [4.69, 9.17) is 26.1 Å². The Labute approximate surface area is 193 Å². The Morgan fingerprint density at radius 2 is 1.23 bits per heavy atom. The summed E-state index contributed by atoms with van der Waals surface area (Å²) in [5, 5.41) is 0. The van der Waals surface area contributed by atoms with Gasteiger partial charge in [0, 0.05) is 37.9 Å². The molecule has 0 saturated heterocycles. The van der Waals surface area contributed by atoms with E-state index < -0.39 is 8.80 Å². The standard InChI is InChI=1S/C25H46N2O3Si/c1-7-13-21-26(19-8-2)24-17-14-15-18-25(24)27(20-9-3)22-16-23-31(28-10-4,29-11-5)30-12-6/h2-3,24-25H,7,10-23H2,1,4-6H3/t24-,25-/m1/s1. The molecule has 0 amide bonds. The van der Waals surface area contributed by atoms with Crippen molar-refractivity contribution in [3.8, 4) is 24.7 Å². The Bertz CT molecular complexity index is 529. The van der Waals surface area contributed by atoms with Crippen LogP contribution in [0.2, 0.25) is 6.04 Å². The lowest BCUT2D eigenvalue weighted by Gasteiger charge is -2.44. The maximum absolute atomic E-state index is 6.04. The molecule has 1 saturated carbocycles. The van der Waals surface area contributed by atoms with Crippen molar-refractivity contribution in [3.05, 3.63) is 0 Å². The number of hydrogen-bond acceptors (Lipinski definition) is 5. The summed E-state index contributed by atoms with van der Waals surface area (Å²) in [5.41, 5.74) is 0. The van der Waals surface area contributed by atoms with E-state index in [1.807, 2.05) is 20.8 Å². The summed E-state index contributed by atoms with van der Waals surface area (Å²) < 4.78 is 18.1. The molecule has 1 aliphatic carbocycles. The number of hydrogen-bond donors (Lipinski definition) is 0. The molecule has 0 bridgehead atoms. The minimum Gasteiger partial charge on any atom is -0.374 e. The number of rotatable bonds is 17. The fourth-order valence-corrected chi connectivity index (χ4v) is 7.36. The van der Waals surface area contributed by atoms with Gasteiger partial charge >= 0.3 is 8.80 Å². The molecule has 0 aromatic heterocycles. The Morgan fingerprint density at radius 3 is 1.61 bits per heavy atom. The second-order valence-corrected chi connectivity index (χ2v) is 10.9. The minimum absolute atomic E-state index is 0.456. The lowest BCUT2D eigenvalue weighted by molar-refractivity contribution is 0.0552. The first-order valence-electron chi connectivity index (χ1n) is 12.4. The molecule has 0 aliphatic heterocycles. The molecule has 0 spiro atoms. The highest BCUT2D eigenvalue weighted by atomic mass is 28.4. The van der Waals surface area contributed by atoms with E-state index in [-0.39, 0.29) is 0 Å². The van der Waals surface area contributed by atoms with Gasteiger partial charge in [-0.1, -0.05) is 38.0 Å². The Morgan fingerprint density at radius 1 is 0.774 bits per heavy atom. The SMILES string of the molecule is C#CCN(CCCC)[C@@H]1CCCC[C@H]1N(CC#C)CCC[Si](OCC)(OCC)OCC. The predicted molar refractivity (Wildman–Crippen MR) is 132 cm³/mol. The predicted octanol–water partition coefficient (Wildman–Crippen LogP) is 4.41. The summed E-state index contributed by atoms with van der Waals surface area (Å²) in [6.07, 6.45) is 19.8. The molecule has 0 radical (unpaired) electrons. The molecular formula is C25H46N2O3Si. The van der Waals surface area contributed by atoms with Gasteiger partial charge in [-0.25, -0.2) is 0 Å². The highest BCUT2D eigenvalue weighted by Crippen LogP contribution is 2.28. The van der Waals surface area contributed by atoms with Crippen molar-refractivity contribution in [2.45, 2.75) is 90.8 Å². The van der Waals surface area contributed by atoms with Crippen LogP contribution in [0.3, 0.4) is 0 Å². The molecule has 1 rings (SSSR count). The van der Waals surface area contributed by atoms with Gasteiger partial charge < -0.3 is 13.3 Å². The van der Waals surface area contributed by atoms with Crippen LogP contribution in [-0.2, 0) is 13.3 Å². The molecule has 178 valence electrons. The molecule has 0 heterocycles. The summed E-state index contributed by atoms with van der Waals surface area (Å²) in [6.45, 7) is 13.5. The largest absolute Gasteiger partial charge is 0.500 e. The second-order valence-electron chi connectivity index (χ2n) is 8.21. The van der Waals surface area contributed by atoms with Crippen molar-refractivity contribution in [2.24, 2.45) is 0 Å². The van der Waals surface area contributed by atoms with Crippen molar-refractivity contribution in [3.63, 3.8) is 0 Å². The topological polar surface area (TPSA) is 34.2 Å². The van der Waals surface area contributed by atoms with Gasteiger partial charge in [0.2, 0.25) is 0 Å². The van der Waals surface area contributed by atoms with E-state index in [2.05, 4.69) is 28.6 Å². The third kappa shape index (κ3) is 9.66. The molecule has 1 aliphatic rings. The molecule has 0 aromatic carbocycles. The van der Waals surface area contributed by atoms with Crippen LogP contribution in [0.15, 0.2) is 0 Å². The van der Waals surface area contributed by atoms with Gasteiger partial charge in [0.05, 0.1) is 13.1 Å². The smallest absolute Gasteiger partial charge is 0.374 e. The molecule has 2 atom stereocenters. The number of terminal acetylenes is 2. The highest BCUT2D eigenvalue weighted by molar-refractivity contribution is 6.60. The van der Waals surface area contributed by atoms with E-state index in [1.165, 1.54) is 38.5 Å². The molecule has 5 nitrogen and oxygen atoms in total. The van der Waals surface area contributed by atoms with Crippen LogP contribution >= 0.6 is 0 Å². The molecular weight excluding hydrogens is 404 g/mol. The summed E-state index contributed by atoms with van der Waals surface area (Å²) in [5.74, 6) is 5.80. The van der Waals surface area contributed by atoms with Gasteiger partial charge in [0.25, 0.3) is 0 Å². The fraction of sp³-hybridized carbons (Fsp3) is 0.840. The van der Waals surface area contributed by atoms with E-state index in [9.17, 15) is 0 Å². The van der Waals surface area contributed by atoms with Crippen molar-refractivity contribution in [2.75, 3.05) is 46.0 Å². The van der Waals surface area contributed by atoms with Crippen LogP contribution in [0.4, 0.5) is 0 Å². The van der Waals surface area contributed by atoms with Gasteiger partial charge in [-0.05, 0) is 59.5 Å².